The van der Waals surface area contributed by atoms with Crippen LogP contribution in [0.2, 0.25) is 0 Å². The second-order valence-corrected chi connectivity index (χ2v) is 6.37. The van der Waals surface area contributed by atoms with Gasteiger partial charge in [-0.1, -0.05) is 25.3 Å². The third-order valence-electron chi connectivity index (χ3n) is 4.86. The van der Waals surface area contributed by atoms with Gasteiger partial charge >= 0.3 is 0 Å². The van der Waals surface area contributed by atoms with Crippen LogP contribution in [0.25, 0.3) is 0 Å². The Bertz CT molecular complexity index is 435. The molecule has 0 radical (unpaired) electrons. The SMILES string of the molecule is COc1ccc(CNC2CCOC3(CCCCC3)C2)cn1. The zero-order chi connectivity index (χ0) is 14.5. The molecule has 3 rings (SSSR count). The van der Waals surface area contributed by atoms with Crippen molar-refractivity contribution in [3.63, 3.8) is 0 Å². The highest BCUT2D eigenvalue weighted by Crippen LogP contribution is 2.38. The Labute approximate surface area is 127 Å². The average molecular weight is 290 g/mol. The van der Waals surface area contributed by atoms with E-state index in [2.05, 4.69) is 16.4 Å². The maximum absolute atomic E-state index is 6.15. The number of aromatic nitrogens is 1. The molecule has 116 valence electrons. The first kappa shape index (κ1) is 14.8. The molecule has 1 aliphatic heterocycles. The van der Waals surface area contributed by atoms with E-state index in [9.17, 15) is 0 Å². The number of hydrogen-bond donors (Lipinski definition) is 1. The predicted molar refractivity (Wildman–Crippen MR) is 82.4 cm³/mol. The zero-order valence-corrected chi connectivity index (χ0v) is 12.9. The maximum Gasteiger partial charge on any atom is 0.212 e. The molecule has 1 unspecified atom stereocenters. The van der Waals surface area contributed by atoms with Gasteiger partial charge in [0, 0.05) is 31.5 Å². The fourth-order valence-corrected chi connectivity index (χ4v) is 3.64. The summed E-state index contributed by atoms with van der Waals surface area (Å²) in [6, 6.07) is 4.57. The van der Waals surface area contributed by atoms with Crippen molar-refractivity contribution in [3.05, 3.63) is 23.9 Å². The summed E-state index contributed by atoms with van der Waals surface area (Å²) in [5, 5.41) is 3.69. The van der Waals surface area contributed by atoms with E-state index in [0.717, 1.165) is 26.0 Å². The lowest BCUT2D eigenvalue weighted by atomic mass is 9.78. The van der Waals surface area contributed by atoms with E-state index in [4.69, 9.17) is 9.47 Å². The van der Waals surface area contributed by atoms with Gasteiger partial charge in [-0.05, 0) is 31.2 Å². The molecule has 2 fully saturated rings. The van der Waals surface area contributed by atoms with Crippen LogP contribution in [0.1, 0.15) is 50.5 Å². The van der Waals surface area contributed by atoms with Crippen molar-refractivity contribution in [2.24, 2.45) is 0 Å². The van der Waals surface area contributed by atoms with E-state index in [1.54, 1.807) is 7.11 Å². The monoisotopic (exact) mass is 290 g/mol. The molecule has 1 spiro atoms. The Kier molecular flexibility index (Phi) is 4.76. The van der Waals surface area contributed by atoms with Crippen molar-refractivity contribution in [1.82, 2.24) is 10.3 Å². The first-order chi connectivity index (χ1) is 10.3. The Morgan fingerprint density at radius 3 is 2.90 bits per heavy atom. The molecule has 1 atom stereocenters. The number of nitrogens with zero attached hydrogens (tertiary/aromatic N) is 1. The predicted octanol–water partition coefficient (Wildman–Crippen LogP) is 3.06. The Hall–Kier alpha value is -1.13. The number of rotatable bonds is 4. The molecule has 0 aromatic carbocycles. The van der Waals surface area contributed by atoms with Gasteiger partial charge in [-0.2, -0.15) is 0 Å². The normalized spacial score (nSPS) is 24.9. The molecule has 4 nitrogen and oxygen atoms in total. The number of pyridine rings is 1. The number of hydrogen-bond acceptors (Lipinski definition) is 4. The largest absolute Gasteiger partial charge is 0.481 e. The molecule has 4 heteroatoms. The molecule has 2 heterocycles. The van der Waals surface area contributed by atoms with Crippen molar-refractivity contribution < 1.29 is 9.47 Å². The number of methoxy groups -OCH3 is 1. The van der Waals surface area contributed by atoms with E-state index in [-0.39, 0.29) is 5.60 Å². The van der Waals surface area contributed by atoms with Gasteiger partial charge in [-0.25, -0.2) is 4.98 Å². The van der Waals surface area contributed by atoms with E-state index < -0.39 is 0 Å². The molecule has 1 aromatic rings. The molecule has 1 aliphatic carbocycles. The van der Waals surface area contributed by atoms with Gasteiger partial charge in [0.05, 0.1) is 12.7 Å². The molecule has 0 amide bonds. The first-order valence-corrected chi connectivity index (χ1v) is 8.16. The van der Waals surface area contributed by atoms with Gasteiger partial charge in [-0.15, -0.1) is 0 Å². The van der Waals surface area contributed by atoms with Crippen molar-refractivity contribution >= 4 is 0 Å². The number of nitrogens with one attached hydrogen (secondary N) is 1. The minimum Gasteiger partial charge on any atom is -0.481 e. The van der Waals surface area contributed by atoms with Crippen LogP contribution in [0.5, 0.6) is 5.88 Å². The summed E-state index contributed by atoms with van der Waals surface area (Å²) in [5.41, 5.74) is 1.38. The van der Waals surface area contributed by atoms with Crippen LogP contribution in [-0.2, 0) is 11.3 Å². The second-order valence-electron chi connectivity index (χ2n) is 6.37. The Balaban J connectivity index is 1.52. The minimum atomic E-state index is 0.173. The molecule has 1 N–H and O–H groups in total. The standard InChI is InChI=1S/C17H26N2O2/c1-20-16-6-5-14(13-19-16)12-18-15-7-10-21-17(11-15)8-3-2-4-9-17/h5-6,13,15,18H,2-4,7-12H2,1H3. The molecule has 2 aliphatic rings. The van der Waals surface area contributed by atoms with Crippen molar-refractivity contribution in [2.45, 2.75) is 63.1 Å². The summed E-state index contributed by atoms with van der Waals surface area (Å²) < 4.78 is 11.2. The van der Waals surface area contributed by atoms with E-state index in [1.807, 2.05) is 12.3 Å². The van der Waals surface area contributed by atoms with Gasteiger partial charge < -0.3 is 14.8 Å². The van der Waals surface area contributed by atoms with E-state index in [0.29, 0.717) is 11.9 Å². The minimum absolute atomic E-state index is 0.173. The summed E-state index contributed by atoms with van der Waals surface area (Å²) >= 11 is 0. The summed E-state index contributed by atoms with van der Waals surface area (Å²) in [5.74, 6) is 0.672. The van der Waals surface area contributed by atoms with Crippen molar-refractivity contribution in [1.29, 1.82) is 0 Å². The Morgan fingerprint density at radius 1 is 1.33 bits per heavy atom. The zero-order valence-electron chi connectivity index (χ0n) is 12.9. The van der Waals surface area contributed by atoms with Gasteiger partial charge in [0.1, 0.15) is 0 Å². The molecule has 1 saturated heterocycles. The van der Waals surface area contributed by atoms with Crippen LogP contribution in [0.3, 0.4) is 0 Å². The molecular weight excluding hydrogens is 264 g/mol. The third-order valence-corrected chi connectivity index (χ3v) is 4.86. The van der Waals surface area contributed by atoms with Crippen molar-refractivity contribution in [2.75, 3.05) is 13.7 Å². The summed E-state index contributed by atoms with van der Waals surface area (Å²) in [7, 11) is 1.64. The van der Waals surface area contributed by atoms with Gasteiger partial charge in [0.25, 0.3) is 0 Å². The quantitative estimate of drug-likeness (QED) is 0.925. The highest BCUT2D eigenvalue weighted by molar-refractivity contribution is 5.17. The molecule has 0 bridgehead atoms. The van der Waals surface area contributed by atoms with Gasteiger partial charge in [0.2, 0.25) is 5.88 Å². The van der Waals surface area contributed by atoms with Crippen LogP contribution >= 0.6 is 0 Å². The summed E-state index contributed by atoms with van der Waals surface area (Å²) in [6.45, 7) is 1.77. The molecule has 1 saturated carbocycles. The topological polar surface area (TPSA) is 43.4 Å². The van der Waals surface area contributed by atoms with Crippen molar-refractivity contribution in [3.8, 4) is 5.88 Å². The van der Waals surface area contributed by atoms with Crippen LogP contribution in [0.4, 0.5) is 0 Å². The van der Waals surface area contributed by atoms with Crippen LogP contribution in [0, 0.1) is 0 Å². The third kappa shape index (κ3) is 3.74. The van der Waals surface area contributed by atoms with Crippen LogP contribution in [0.15, 0.2) is 18.3 Å². The number of ether oxygens (including phenoxy) is 2. The van der Waals surface area contributed by atoms with Gasteiger partial charge in [-0.3, -0.25) is 0 Å². The highest BCUT2D eigenvalue weighted by Gasteiger charge is 2.38. The molecule has 21 heavy (non-hydrogen) atoms. The molecule has 1 aromatic heterocycles. The second kappa shape index (κ2) is 6.75. The fourth-order valence-electron chi connectivity index (χ4n) is 3.64. The lowest BCUT2D eigenvalue weighted by molar-refractivity contribution is -0.109. The summed E-state index contributed by atoms with van der Waals surface area (Å²) in [6.07, 6.45) is 10.7. The first-order valence-electron chi connectivity index (χ1n) is 8.16. The fraction of sp³-hybridized carbons (Fsp3) is 0.706. The lowest BCUT2D eigenvalue weighted by Gasteiger charge is -2.43. The van der Waals surface area contributed by atoms with E-state index >= 15 is 0 Å². The van der Waals surface area contributed by atoms with Gasteiger partial charge in [0.15, 0.2) is 0 Å². The van der Waals surface area contributed by atoms with Crippen LogP contribution in [-0.4, -0.2) is 30.3 Å². The smallest absolute Gasteiger partial charge is 0.212 e. The average Bonchev–Trinajstić information content (AvgIpc) is 2.54. The lowest BCUT2D eigenvalue weighted by Crippen LogP contribution is -2.47. The van der Waals surface area contributed by atoms with Crippen LogP contribution < -0.4 is 10.1 Å². The highest BCUT2D eigenvalue weighted by atomic mass is 16.5. The van der Waals surface area contributed by atoms with E-state index in [1.165, 1.54) is 37.7 Å². The maximum atomic E-state index is 6.15. The summed E-state index contributed by atoms with van der Waals surface area (Å²) in [4.78, 5) is 4.26. The Morgan fingerprint density at radius 2 is 2.19 bits per heavy atom. The molecular formula is C17H26N2O2.